The molecule has 0 N–H and O–H groups in total. The second-order valence-corrected chi connectivity index (χ2v) is 8.00. The van der Waals surface area contributed by atoms with Crippen LogP contribution < -0.4 is 4.90 Å². The maximum Gasteiger partial charge on any atom is 0.338 e. The number of rotatable bonds is 7. The average Bonchev–Trinajstić information content (AvgIpc) is 2.79. The number of amides is 1. The first-order chi connectivity index (χ1) is 15.7. The van der Waals surface area contributed by atoms with E-state index in [9.17, 15) is 19.7 Å². The summed E-state index contributed by atoms with van der Waals surface area (Å²) in [4.78, 5) is 37.4. The van der Waals surface area contributed by atoms with Crippen molar-refractivity contribution in [3.05, 3.63) is 103 Å². The summed E-state index contributed by atoms with van der Waals surface area (Å²) in [5.41, 5.74) is 0.874. The summed E-state index contributed by atoms with van der Waals surface area (Å²) in [7, 11) is 0. The quantitative estimate of drug-likeness (QED) is 0.205. The minimum atomic E-state index is -0.664. The van der Waals surface area contributed by atoms with Gasteiger partial charge < -0.3 is 9.64 Å². The fourth-order valence-electron chi connectivity index (χ4n) is 3.06. The molecule has 0 aliphatic carbocycles. The molecule has 0 saturated carbocycles. The lowest BCUT2D eigenvalue weighted by Crippen LogP contribution is -2.30. The summed E-state index contributed by atoms with van der Waals surface area (Å²) in [6, 6.07) is 14.9. The highest BCUT2D eigenvalue weighted by Gasteiger charge is 2.24. The van der Waals surface area contributed by atoms with Crippen molar-refractivity contribution in [2.45, 2.75) is 13.5 Å². The lowest BCUT2D eigenvalue weighted by molar-refractivity contribution is -0.384. The van der Waals surface area contributed by atoms with E-state index in [4.69, 9.17) is 39.5 Å². The molecule has 0 saturated heterocycles. The van der Waals surface area contributed by atoms with Gasteiger partial charge in [0.1, 0.15) is 5.02 Å². The van der Waals surface area contributed by atoms with Crippen molar-refractivity contribution in [1.82, 2.24) is 0 Å². The number of hydrogen-bond donors (Lipinski definition) is 0. The Morgan fingerprint density at radius 3 is 2.12 bits per heavy atom. The molecule has 0 bridgehead atoms. The molecule has 0 unspecified atom stereocenters. The van der Waals surface area contributed by atoms with Crippen LogP contribution in [0.5, 0.6) is 0 Å². The number of benzene rings is 3. The third kappa shape index (κ3) is 5.63. The van der Waals surface area contributed by atoms with Gasteiger partial charge in [-0.25, -0.2) is 4.79 Å². The Balaban J connectivity index is 2.06. The van der Waals surface area contributed by atoms with Gasteiger partial charge in [-0.05, 0) is 55.5 Å². The second kappa shape index (κ2) is 10.7. The minimum Gasteiger partial charge on any atom is -0.462 e. The van der Waals surface area contributed by atoms with Gasteiger partial charge in [0.2, 0.25) is 0 Å². The van der Waals surface area contributed by atoms with Gasteiger partial charge in [-0.3, -0.25) is 14.9 Å². The summed E-state index contributed by atoms with van der Waals surface area (Å²) in [6.07, 6.45) is 0. The van der Waals surface area contributed by atoms with Crippen LogP contribution in [0.2, 0.25) is 15.1 Å². The van der Waals surface area contributed by atoms with Crippen LogP contribution in [0.1, 0.15) is 33.2 Å². The van der Waals surface area contributed by atoms with Gasteiger partial charge in [0.05, 0.1) is 23.6 Å². The van der Waals surface area contributed by atoms with E-state index in [1.54, 1.807) is 37.3 Å². The zero-order chi connectivity index (χ0) is 24.1. The average molecular weight is 508 g/mol. The number of esters is 1. The number of nitro groups is 1. The van der Waals surface area contributed by atoms with Gasteiger partial charge in [-0.1, -0.05) is 40.9 Å². The molecule has 1 amide bonds. The molecule has 3 aromatic rings. The maximum atomic E-state index is 13.5. The Labute approximate surface area is 204 Å². The van der Waals surface area contributed by atoms with Crippen LogP contribution in [0, 0.1) is 10.1 Å². The van der Waals surface area contributed by atoms with E-state index in [0.717, 1.165) is 6.07 Å². The van der Waals surface area contributed by atoms with Crippen molar-refractivity contribution in [3.63, 3.8) is 0 Å². The largest absolute Gasteiger partial charge is 0.462 e. The van der Waals surface area contributed by atoms with E-state index in [1.165, 1.54) is 29.2 Å². The summed E-state index contributed by atoms with van der Waals surface area (Å²) in [5, 5.41) is 11.9. The van der Waals surface area contributed by atoms with Crippen LogP contribution in [0.4, 0.5) is 11.4 Å². The first kappa shape index (κ1) is 24.5. The SMILES string of the molecule is CCOC(=O)c1ccc(N(Cc2c(Cl)cccc2Cl)C(=O)c2ccc(Cl)c([N+](=O)[O-])c2)cc1. The third-order valence-electron chi connectivity index (χ3n) is 4.70. The van der Waals surface area contributed by atoms with E-state index in [-0.39, 0.29) is 23.7 Å². The van der Waals surface area contributed by atoms with Crippen molar-refractivity contribution in [2.24, 2.45) is 0 Å². The van der Waals surface area contributed by atoms with Gasteiger partial charge >= 0.3 is 5.97 Å². The van der Waals surface area contributed by atoms with Crippen LogP contribution in [0.3, 0.4) is 0 Å². The van der Waals surface area contributed by atoms with Crippen LogP contribution in [0.15, 0.2) is 60.7 Å². The first-order valence-corrected chi connectivity index (χ1v) is 10.8. The predicted molar refractivity (Wildman–Crippen MR) is 127 cm³/mol. The van der Waals surface area contributed by atoms with Gasteiger partial charge in [0, 0.05) is 32.9 Å². The molecule has 0 aromatic heterocycles. The number of nitro benzene ring substituents is 1. The minimum absolute atomic E-state index is 0.0213. The van der Waals surface area contributed by atoms with Gasteiger partial charge in [0.25, 0.3) is 11.6 Å². The Hall–Kier alpha value is -3.13. The van der Waals surface area contributed by atoms with Crippen LogP contribution in [0.25, 0.3) is 0 Å². The number of anilines is 1. The highest BCUT2D eigenvalue weighted by molar-refractivity contribution is 6.36. The zero-order valence-electron chi connectivity index (χ0n) is 17.3. The molecule has 0 heterocycles. The van der Waals surface area contributed by atoms with Crippen LogP contribution >= 0.6 is 34.8 Å². The summed E-state index contributed by atoms with van der Waals surface area (Å²) in [5.74, 6) is -1.04. The van der Waals surface area contributed by atoms with E-state index >= 15 is 0 Å². The summed E-state index contributed by atoms with van der Waals surface area (Å²) >= 11 is 18.5. The first-order valence-electron chi connectivity index (χ1n) is 9.68. The van der Waals surface area contributed by atoms with E-state index in [1.807, 2.05) is 0 Å². The molecule has 10 heteroatoms. The number of hydrogen-bond acceptors (Lipinski definition) is 5. The van der Waals surface area contributed by atoms with E-state index in [0.29, 0.717) is 26.9 Å². The van der Waals surface area contributed by atoms with Gasteiger partial charge in [-0.2, -0.15) is 0 Å². The van der Waals surface area contributed by atoms with Gasteiger partial charge in [-0.15, -0.1) is 0 Å². The van der Waals surface area contributed by atoms with Crippen molar-refractivity contribution in [3.8, 4) is 0 Å². The molecule has 0 radical (unpaired) electrons. The maximum absolute atomic E-state index is 13.5. The molecule has 3 rings (SSSR count). The predicted octanol–water partition coefficient (Wildman–Crippen LogP) is 6.58. The lowest BCUT2D eigenvalue weighted by Gasteiger charge is -2.24. The van der Waals surface area contributed by atoms with E-state index in [2.05, 4.69) is 0 Å². The van der Waals surface area contributed by atoms with Crippen molar-refractivity contribution in [1.29, 1.82) is 0 Å². The van der Waals surface area contributed by atoms with Crippen LogP contribution in [-0.4, -0.2) is 23.4 Å². The fourth-order valence-corrected chi connectivity index (χ4v) is 3.76. The Morgan fingerprint density at radius 2 is 1.55 bits per heavy atom. The standard InChI is InChI=1S/C23H17Cl3N2O5/c1-2-33-23(30)14-6-9-16(10-7-14)27(13-17-18(24)4-3-5-19(17)25)22(29)15-8-11-20(26)21(12-15)28(31)32/h3-12H,2,13H2,1H3. The number of carbonyl (C=O) groups excluding carboxylic acids is 2. The molecule has 7 nitrogen and oxygen atoms in total. The number of carbonyl (C=O) groups is 2. The molecular weight excluding hydrogens is 491 g/mol. The molecule has 0 spiro atoms. The molecule has 170 valence electrons. The summed E-state index contributed by atoms with van der Waals surface area (Å²) < 4.78 is 4.99. The Morgan fingerprint density at radius 1 is 0.939 bits per heavy atom. The molecular formula is C23H17Cl3N2O5. The molecule has 33 heavy (non-hydrogen) atoms. The highest BCUT2D eigenvalue weighted by Crippen LogP contribution is 2.31. The van der Waals surface area contributed by atoms with Crippen molar-refractivity contribution in [2.75, 3.05) is 11.5 Å². The normalized spacial score (nSPS) is 10.5. The van der Waals surface area contributed by atoms with Crippen molar-refractivity contribution >= 4 is 58.1 Å². The fraction of sp³-hybridized carbons (Fsp3) is 0.130. The smallest absolute Gasteiger partial charge is 0.338 e. The Kier molecular flexibility index (Phi) is 7.92. The van der Waals surface area contributed by atoms with E-state index < -0.39 is 22.5 Å². The van der Waals surface area contributed by atoms with Crippen LogP contribution in [-0.2, 0) is 11.3 Å². The summed E-state index contributed by atoms with van der Waals surface area (Å²) in [6.45, 7) is 1.91. The molecule has 0 atom stereocenters. The molecule has 0 aliphatic heterocycles. The number of ether oxygens (including phenoxy) is 1. The third-order valence-corrected chi connectivity index (χ3v) is 5.73. The number of nitrogens with zero attached hydrogens (tertiary/aromatic N) is 2. The zero-order valence-corrected chi connectivity index (χ0v) is 19.5. The molecule has 0 fully saturated rings. The lowest BCUT2D eigenvalue weighted by atomic mass is 10.1. The highest BCUT2D eigenvalue weighted by atomic mass is 35.5. The second-order valence-electron chi connectivity index (χ2n) is 6.78. The number of halogens is 3. The Bertz CT molecular complexity index is 1190. The molecule has 0 aliphatic rings. The molecule has 3 aromatic carbocycles. The van der Waals surface area contributed by atoms with Crippen molar-refractivity contribution < 1.29 is 19.2 Å². The monoisotopic (exact) mass is 506 g/mol. The van der Waals surface area contributed by atoms with Gasteiger partial charge in [0.15, 0.2) is 0 Å². The topological polar surface area (TPSA) is 89.8 Å².